The number of carbonyl (C=O) groups excluding carboxylic acids is 4. The second-order valence-corrected chi connectivity index (χ2v) is 10.4. The van der Waals surface area contributed by atoms with Crippen LogP contribution in [0.25, 0.3) is 0 Å². The molecule has 1 saturated heterocycles. The van der Waals surface area contributed by atoms with Gasteiger partial charge in [0.2, 0.25) is 11.8 Å². The van der Waals surface area contributed by atoms with Crippen molar-refractivity contribution in [3.05, 3.63) is 29.3 Å². The average Bonchev–Trinajstić information content (AvgIpc) is 3.32. The highest BCUT2D eigenvalue weighted by Crippen LogP contribution is 2.60. The van der Waals surface area contributed by atoms with Crippen molar-refractivity contribution in [3.8, 4) is 0 Å². The fourth-order valence-corrected chi connectivity index (χ4v) is 6.92. The molecule has 2 saturated carbocycles. The molecular formula is C20H19Br2ClN2O5. The molecule has 0 aromatic heterocycles. The minimum atomic E-state index is -1.09. The van der Waals surface area contributed by atoms with Crippen LogP contribution in [0.5, 0.6) is 0 Å². The van der Waals surface area contributed by atoms with Crippen LogP contribution in [0.1, 0.15) is 13.3 Å². The van der Waals surface area contributed by atoms with Crippen LogP contribution in [-0.4, -0.2) is 50.9 Å². The molecule has 0 radical (unpaired) electrons. The number of para-hydroxylation sites is 1. The van der Waals surface area contributed by atoms with Crippen molar-refractivity contribution in [1.82, 2.24) is 4.90 Å². The van der Waals surface area contributed by atoms with Gasteiger partial charge in [-0.2, -0.15) is 0 Å². The lowest BCUT2D eigenvalue weighted by Gasteiger charge is -2.28. The Morgan fingerprint density at radius 1 is 1.17 bits per heavy atom. The lowest BCUT2D eigenvalue weighted by molar-refractivity contribution is -0.159. The number of imide groups is 1. The molecule has 3 fully saturated rings. The molecular weight excluding hydrogens is 543 g/mol. The summed E-state index contributed by atoms with van der Waals surface area (Å²) in [5.74, 6) is -2.70. The lowest BCUT2D eigenvalue weighted by atomic mass is 9.81. The Hall–Kier alpha value is -1.45. The second-order valence-electron chi connectivity index (χ2n) is 7.86. The smallest absolute Gasteiger partial charge is 0.329 e. The summed E-state index contributed by atoms with van der Waals surface area (Å²) in [6.45, 7) is 0.903. The molecule has 2 aliphatic carbocycles. The molecule has 10 heteroatoms. The Balaban J connectivity index is 1.38. The summed E-state index contributed by atoms with van der Waals surface area (Å²) in [6.07, 6.45) is 0.813. The zero-order valence-corrected chi connectivity index (χ0v) is 19.8. The third-order valence-electron chi connectivity index (χ3n) is 6.24. The number of rotatable bonds is 5. The van der Waals surface area contributed by atoms with Crippen LogP contribution in [0, 0.1) is 23.7 Å². The van der Waals surface area contributed by atoms with Crippen LogP contribution in [0.3, 0.4) is 0 Å². The molecule has 7 nitrogen and oxygen atoms in total. The van der Waals surface area contributed by atoms with Crippen LogP contribution >= 0.6 is 43.5 Å². The van der Waals surface area contributed by atoms with Gasteiger partial charge in [0.05, 0.1) is 22.5 Å². The quantitative estimate of drug-likeness (QED) is 0.339. The van der Waals surface area contributed by atoms with Crippen molar-refractivity contribution in [2.24, 2.45) is 23.7 Å². The van der Waals surface area contributed by atoms with Crippen molar-refractivity contribution >= 4 is 72.8 Å². The molecule has 160 valence electrons. The SMILES string of the molecule is C[C@H](C(=O)OCC(=O)Nc1ccccc1Cl)N1C(=O)[C@@H]2[C@H]3C[C@@H]([C@H](Br)[C@H]3Br)[C@H]2C1=O. The largest absolute Gasteiger partial charge is 0.454 e. The molecule has 3 amide bonds. The predicted molar refractivity (Wildman–Crippen MR) is 116 cm³/mol. The van der Waals surface area contributed by atoms with E-state index in [4.69, 9.17) is 16.3 Å². The Kier molecular flexibility index (Phi) is 5.98. The number of nitrogens with one attached hydrogen (secondary N) is 1. The van der Waals surface area contributed by atoms with Gasteiger partial charge >= 0.3 is 5.97 Å². The molecule has 1 aliphatic heterocycles. The first-order valence-electron chi connectivity index (χ1n) is 9.58. The van der Waals surface area contributed by atoms with E-state index in [0.29, 0.717) is 10.7 Å². The number of esters is 1. The van der Waals surface area contributed by atoms with Gasteiger partial charge in [0, 0.05) is 9.65 Å². The first-order chi connectivity index (χ1) is 14.2. The number of anilines is 1. The van der Waals surface area contributed by atoms with Crippen LogP contribution in [0.15, 0.2) is 24.3 Å². The van der Waals surface area contributed by atoms with Gasteiger partial charge in [-0.1, -0.05) is 55.6 Å². The van der Waals surface area contributed by atoms with E-state index in [0.717, 1.165) is 11.3 Å². The molecule has 30 heavy (non-hydrogen) atoms. The van der Waals surface area contributed by atoms with E-state index in [1.54, 1.807) is 24.3 Å². The van der Waals surface area contributed by atoms with Crippen molar-refractivity contribution in [2.45, 2.75) is 29.0 Å². The van der Waals surface area contributed by atoms with Crippen LogP contribution in [0.2, 0.25) is 5.02 Å². The topological polar surface area (TPSA) is 92.8 Å². The number of fused-ring (bicyclic) bond motifs is 5. The summed E-state index contributed by atoms with van der Waals surface area (Å²) < 4.78 is 5.06. The number of ether oxygens (including phenoxy) is 1. The Morgan fingerprint density at radius 2 is 1.73 bits per heavy atom. The summed E-state index contributed by atoms with van der Waals surface area (Å²) in [5, 5.41) is 2.90. The zero-order chi connectivity index (χ0) is 21.7. The second kappa shape index (κ2) is 8.24. The van der Waals surface area contributed by atoms with E-state index >= 15 is 0 Å². The highest BCUT2D eigenvalue weighted by molar-refractivity contribution is 9.12. The molecule has 1 heterocycles. The fraction of sp³-hybridized carbons (Fsp3) is 0.500. The third-order valence-corrected chi connectivity index (χ3v) is 9.78. The van der Waals surface area contributed by atoms with Crippen molar-refractivity contribution < 1.29 is 23.9 Å². The van der Waals surface area contributed by atoms with Gasteiger partial charge < -0.3 is 10.1 Å². The number of alkyl halides is 2. The molecule has 1 N–H and O–H groups in total. The zero-order valence-electron chi connectivity index (χ0n) is 15.9. The summed E-state index contributed by atoms with van der Waals surface area (Å²) >= 11 is 13.2. The van der Waals surface area contributed by atoms with Gasteiger partial charge in [0.15, 0.2) is 6.61 Å². The summed E-state index contributed by atoms with van der Waals surface area (Å²) in [6, 6.07) is 5.58. The molecule has 3 aliphatic rings. The van der Waals surface area contributed by atoms with Crippen LogP contribution < -0.4 is 5.32 Å². The first kappa shape index (κ1) is 21.8. The highest BCUT2D eigenvalue weighted by Gasteiger charge is 2.67. The minimum absolute atomic E-state index is 0.0652. The molecule has 7 atom stereocenters. The van der Waals surface area contributed by atoms with Crippen LogP contribution in [0.4, 0.5) is 5.69 Å². The van der Waals surface area contributed by atoms with E-state index in [9.17, 15) is 19.2 Å². The first-order valence-corrected chi connectivity index (χ1v) is 11.8. The van der Waals surface area contributed by atoms with Gasteiger partial charge in [-0.25, -0.2) is 4.79 Å². The molecule has 2 bridgehead atoms. The molecule has 1 aromatic rings. The maximum atomic E-state index is 13.0. The van der Waals surface area contributed by atoms with Crippen LogP contribution in [-0.2, 0) is 23.9 Å². The van der Waals surface area contributed by atoms with Crippen molar-refractivity contribution in [1.29, 1.82) is 0 Å². The van der Waals surface area contributed by atoms with Gasteiger partial charge in [-0.15, -0.1) is 0 Å². The van der Waals surface area contributed by atoms with E-state index in [1.807, 2.05) is 0 Å². The number of benzene rings is 1. The number of amides is 3. The average molecular weight is 563 g/mol. The minimum Gasteiger partial charge on any atom is -0.454 e. The number of hydrogen-bond donors (Lipinski definition) is 1. The van der Waals surface area contributed by atoms with E-state index in [-0.39, 0.29) is 33.3 Å². The van der Waals surface area contributed by atoms with Gasteiger partial charge in [0.1, 0.15) is 6.04 Å². The maximum Gasteiger partial charge on any atom is 0.329 e. The van der Waals surface area contributed by atoms with Crippen molar-refractivity contribution in [2.75, 3.05) is 11.9 Å². The summed E-state index contributed by atoms with van der Waals surface area (Å²) in [7, 11) is 0. The fourth-order valence-electron chi connectivity index (χ4n) is 4.87. The summed E-state index contributed by atoms with van der Waals surface area (Å²) in [4.78, 5) is 51.7. The van der Waals surface area contributed by atoms with E-state index in [1.165, 1.54) is 6.92 Å². The highest BCUT2D eigenvalue weighted by atomic mass is 79.9. The van der Waals surface area contributed by atoms with Gasteiger partial charge in [-0.3, -0.25) is 19.3 Å². The number of halogens is 3. The third kappa shape index (κ3) is 3.48. The van der Waals surface area contributed by atoms with Crippen molar-refractivity contribution in [3.63, 3.8) is 0 Å². The molecule has 0 spiro atoms. The van der Waals surface area contributed by atoms with E-state index in [2.05, 4.69) is 37.2 Å². The lowest BCUT2D eigenvalue weighted by Crippen LogP contribution is -2.45. The molecule has 1 aromatic carbocycles. The Labute approximate surface area is 195 Å². The van der Waals surface area contributed by atoms with Gasteiger partial charge in [-0.05, 0) is 37.3 Å². The number of carbonyl (C=O) groups is 4. The Morgan fingerprint density at radius 3 is 2.30 bits per heavy atom. The maximum absolute atomic E-state index is 13.0. The standard InChI is InChI=1S/C20H19Br2ClN2O5/c1-8(20(29)30-7-13(26)24-12-5-3-2-4-11(12)23)25-18(27)14-9-6-10(15(14)19(25)28)17(22)16(9)21/h2-5,8-10,14-17H,6-7H2,1H3,(H,24,26)/t8-,9-,10-,14-,15-,16+,17+/m1/s1. The Bertz CT molecular complexity index is 896. The molecule has 0 unspecified atom stereocenters. The monoisotopic (exact) mass is 560 g/mol. The normalized spacial score (nSPS) is 32.9. The summed E-state index contributed by atoms with van der Waals surface area (Å²) in [5.41, 5.74) is 0.398. The predicted octanol–water partition coefficient (Wildman–Crippen LogP) is 2.99. The number of likely N-dealkylation sites (tertiary alicyclic amines) is 1. The van der Waals surface area contributed by atoms with E-state index < -0.39 is 36.4 Å². The number of nitrogens with zero attached hydrogens (tertiary/aromatic N) is 1. The molecule has 4 rings (SSSR count). The number of hydrogen-bond acceptors (Lipinski definition) is 5. The van der Waals surface area contributed by atoms with Gasteiger partial charge in [0.25, 0.3) is 5.91 Å².